The second-order valence-electron chi connectivity index (χ2n) is 10.00. The first-order valence-corrected chi connectivity index (χ1v) is 12.2. The third-order valence-corrected chi connectivity index (χ3v) is 7.28. The highest BCUT2D eigenvalue weighted by Gasteiger charge is 2.56. The van der Waals surface area contributed by atoms with Gasteiger partial charge in [-0.2, -0.15) is 13.2 Å². The number of hydrogen-bond donors (Lipinski definition) is 2. The number of hydrogen-bond acceptors (Lipinski definition) is 6. The smallest absolute Gasteiger partial charge is 0.356 e. The van der Waals surface area contributed by atoms with Crippen molar-refractivity contribution in [2.45, 2.75) is 37.2 Å². The second-order valence-corrected chi connectivity index (χ2v) is 11.0. The summed E-state index contributed by atoms with van der Waals surface area (Å²) in [6, 6.07) is 8.92. The van der Waals surface area contributed by atoms with Crippen LogP contribution in [-0.4, -0.2) is 72.2 Å². The Hall–Kier alpha value is -2.34. The van der Waals surface area contributed by atoms with E-state index in [2.05, 4.69) is 36.5 Å². The Morgan fingerprint density at radius 2 is 1.85 bits per heavy atom. The van der Waals surface area contributed by atoms with Gasteiger partial charge in [0.15, 0.2) is 0 Å². The van der Waals surface area contributed by atoms with Gasteiger partial charge in [0.25, 0.3) is 0 Å². The molecule has 0 aromatic heterocycles. The molecule has 1 aromatic rings. The first-order chi connectivity index (χ1) is 15.9. The van der Waals surface area contributed by atoms with Gasteiger partial charge in [-0.1, -0.05) is 40.4 Å². The van der Waals surface area contributed by atoms with Crippen molar-refractivity contribution in [3.8, 4) is 0 Å². The molecule has 34 heavy (non-hydrogen) atoms. The Morgan fingerprint density at radius 1 is 1.24 bits per heavy atom. The van der Waals surface area contributed by atoms with Gasteiger partial charge in [0.05, 0.1) is 12.1 Å². The summed E-state index contributed by atoms with van der Waals surface area (Å²) >= 11 is 0. The standard InChI is InChI=1S/C21H27N3O3.CHF3NOS/c1-15-3-2-4-16(5-15)6-17-7-20(8-17)10-23(11-20)19(26)24-12-21(13-24)14-27-9-18(25)22-21;2-1(3,4)7(5)6/h2-5,17H,6-14H2,1H3,(H,22,25);5H/q;-1. The van der Waals surface area contributed by atoms with Gasteiger partial charge in [0.1, 0.15) is 6.61 Å². The van der Waals surface area contributed by atoms with E-state index < -0.39 is 16.1 Å². The average Bonchev–Trinajstić information content (AvgIpc) is 2.66. The van der Waals surface area contributed by atoms with E-state index in [1.807, 2.05) is 9.80 Å². The molecule has 0 radical (unpaired) electrons. The summed E-state index contributed by atoms with van der Waals surface area (Å²) in [5, 5.41) is 2.98. The highest BCUT2D eigenvalue weighted by molar-refractivity contribution is 7.74. The van der Waals surface area contributed by atoms with Crippen molar-refractivity contribution in [2.24, 2.45) is 11.3 Å². The fourth-order valence-corrected chi connectivity index (χ4v) is 5.54. The average molecular weight is 502 g/mol. The maximum atomic E-state index is 12.7. The van der Waals surface area contributed by atoms with Gasteiger partial charge in [-0.25, -0.2) is 4.79 Å². The molecule has 0 unspecified atom stereocenters. The summed E-state index contributed by atoms with van der Waals surface area (Å²) in [5.74, 6) is 0.677. The number of rotatable bonds is 2. The third kappa shape index (κ3) is 5.32. The Labute approximate surface area is 197 Å². The molecule has 2 N–H and O–H groups in total. The van der Waals surface area contributed by atoms with Crippen LogP contribution in [0.5, 0.6) is 0 Å². The molecule has 0 bridgehead atoms. The van der Waals surface area contributed by atoms with E-state index in [1.165, 1.54) is 24.0 Å². The minimum absolute atomic E-state index is 0.0784. The molecule has 188 valence electrons. The van der Waals surface area contributed by atoms with E-state index in [9.17, 15) is 22.8 Å². The van der Waals surface area contributed by atoms with E-state index in [4.69, 9.17) is 13.7 Å². The van der Waals surface area contributed by atoms with Gasteiger partial charge in [-0.05, 0) is 37.7 Å². The highest BCUT2D eigenvalue weighted by atomic mass is 32.2. The molecule has 0 atom stereocenters. The number of ether oxygens (including phenoxy) is 1. The summed E-state index contributed by atoms with van der Waals surface area (Å²) in [7, 11) is -3.43. The van der Waals surface area contributed by atoms with E-state index in [0.29, 0.717) is 25.1 Å². The molecule has 5 rings (SSSR count). The summed E-state index contributed by atoms with van der Waals surface area (Å²) in [6.45, 7) is 5.70. The Bertz CT molecular complexity index is 1020. The van der Waals surface area contributed by atoms with Crippen LogP contribution in [0.4, 0.5) is 18.0 Å². The van der Waals surface area contributed by atoms with Crippen LogP contribution in [0, 0.1) is 23.0 Å². The predicted octanol–water partition coefficient (Wildman–Crippen LogP) is 2.80. The number of carbonyl (C=O) groups is 2. The first kappa shape index (κ1) is 24.8. The quantitative estimate of drug-likeness (QED) is 0.609. The zero-order valence-corrected chi connectivity index (χ0v) is 19.6. The largest absolute Gasteiger partial charge is 0.437 e. The Balaban J connectivity index is 0.000000344. The SMILES string of the molecule is Cc1cccc(CC2CC3(C2)CN(C(=O)N2CC4(COCC(=O)N4)C2)C3)c1.N=[S-](=O)C(F)(F)F. The minimum atomic E-state index is -4.86. The molecule has 3 amide bonds. The number of amides is 3. The molecule has 12 heteroatoms. The second kappa shape index (κ2) is 9.03. The topological polar surface area (TPSA) is 103 Å². The summed E-state index contributed by atoms with van der Waals surface area (Å²) in [5.41, 5.74) is -2.07. The van der Waals surface area contributed by atoms with E-state index >= 15 is 0 Å². The molecule has 4 fully saturated rings. The number of nitrogens with one attached hydrogen (secondary N) is 2. The van der Waals surface area contributed by atoms with Crippen molar-refractivity contribution < 1.29 is 31.7 Å². The van der Waals surface area contributed by atoms with Gasteiger partial charge in [0, 0.05) is 31.6 Å². The molecule has 1 aromatic carbocycles. The highest BCUT2D eigenvalue weighted by Crippen LogP contribution is 2.53. The van der Waals surface area contributed by atoms with Crippen molar-refractivity contribution in [3.63, 3.8) is 0 Å². The molecule has 3 aliphatic heterocycles. The molecule has 8 nitrogen and oxygen atoms in total. The predicted molar refractivity (Wildman–Crippen MR) is 117 cm³/mol. The Kier molecular flexibility index (Phi) is 6.58. The minimum Gasteiger partial charge on any atom is -0.437 e. The van der Waals surface area contributed by atoms with Crippen LogP contribution < -0.4 is 5.32 Å². The van der Waals surface area contributed by atoms with Crippen molar-refractivity contribution in [3.05, 3.63) is 35.4 Å². The van der Waals surface area contributed by atoms with Crippen LogP contribution in [0.25, 0.3) is 0 Å². The maximum Gasteiger partial charge on any atom is 0.356 e. The van der Waals surface area contributed by atoms with Crippen molar-refractivity contribution in [1.82, 2.24) is 15.1 Å². The van der Waals surface area contributed by atoms with Crippen molar-refractivity contribution in [2.75, 3.05) is 39.4 Å². The van der Waals surface area contributed by atoms with Gasteiger partial charge in [0.2, 0.25) is 5.91 Å². The lowest BCUT2D eigenvalue weighted by Gasteiger charge is -2.61. The number of nitrogens with zero attached hydrogens (tertiary/aromatic N) is 2. The van der Waals surface area contributed by atoms with Gasteiger partial charge in [-0.15, -0.1) is 0 Å². The number of morpholine rings is 1. The maximum absolute atomic E-state index is 12.7. The van der Waals surface area contributed by atoms with Gasteiger partial charge < -0.3 is 28.8 Å². The van der Waals surface area contributed by atoms with E-state index in [-0.39, 0.29) is 24.1 Å². The zero-order chi connectivity index (χ0) is 24.7. The lowest BCUT2D eigenvalue weighted by Crippen LogP contribution is -2.78. The summed E-state index contributed by atoms with van der Waals surface area (Å²) in [4.78, 5) is 28.0. The number of alkyl halides is 3. The molecule has 2 spiro atoms. The van der Waals surface area contributed by atoms with E-state index in [1.54, 1.807) is 0 Å². The third-order valence-electron chi connectivity index (χ3n) is 6.86. The summed E-state index contributed by atoms with van der Waals surface area (Å²) < 4.78 is 52.1. The van der Waals surface area contributed by atoms with Crippen LogP contribution in [0.15, 0.2) is 24.3 Å². The number of carbonyl (C=O) groups excluding carboxylic acids is 2. The van der Waals surface area contributed by atoms with Crippen LogP contribution >= 0.6 is 0 Å². The molecule has 1 aliphatic carbocycles. The zero-order valence-electron chi connectivity index (χ0n) is 18.8. The monoisotopic (exact) mass is 501 g/mol. The van der Waals surface area contributed by atoms with Crippen LogP contribution in [0.2, 0.25) is 0 Å². The number of urea groups is 1. The van der Waals surface area contributed by atoms with Gasteiger partial charge >= 0.3 is 11.5 Å². The van der Waals surface area contributed by atoms with Crippen molar-refractivity contribution in [1.29, 1.82) is 4.78 Å². The van der Waals surface area contributed by atoms with E-state index in [0.717, 1.165) is 25.4 Å². The first-order valence-electron chi connectivity index (χ1n) is 11.1. The lowest BCUT2D eigenvalue weighted by molar-refractivity contribution is -0.142. The van der Waals surface area contributed by atoms with Gasteiger partial charge in [-0.3, -0.25) is 4.79 Å². The number of aryl methyl sites for hydroxylation is 1. The molecule has 3 heterocycles. The van der Waals surface area contributed by atoms with Crippen LogP contribution in [-0.2, 0) is 30.8 Å². The number of likely N-dealkylation sites (tertiary alicyclic amines) is 2. The molecular formula is C22H28F3N4O4S-. The molecule has 4 aliphatic rings. The van der Waals surface area contributed by atoms with Crippen molar-refractivity contribution >= 4 is 22.5 Å². The fourth-order valence-electron chi connectivity index (χ4n) is 5.54. The molecule has 1 saturated carbocycles. The fraction of sp³-hybridized carbons (Fsp3) is 0.636. The summed E-state index contributed by atoms with van der Waals surface area (Å²) in [6.07, 6.45) is 3.63. The molecular weight excluding hydrogens is 473 g/mol. The van der Waals surface area contributed by atoms with Crippen LogP contribution in [0.3, 0.4) is 0 Å². The lowest BCUT2D eigenvalue weighted by atomic mass is 9.56. The number of benzene rings is 1. The molecule has 3 saturated heterocycles. The number of halogens is 3. The normalized spacial score (nSPS) is 22.9. The van der Waals surface area contributed by atoms with Crippen LogP contribution in [0.1, 0.15) is 24.0 Å². The Morgan fingerprint density at radius 3 is 2.41 bits per heavy atom.